The lowest BCUT2D eigenvalue weighted by Gasteiger charge is -2.29. The molecule has 0 fully saturated rings. The minimum atomic E-state index is 0.0597. The van der Waals surface area contributed by atoms with Crippen molar-refractivity contribution in [2.75, 3.05) is 19.6 Å². The molecular weight excluding hydrogens is 298 g/mol. The zero-order chi connectivity index (χ0) is 16.9. The molecule has 2 aromatic rings. The maximum atomic E-state index is 11.3. The Morgan fingerprint density at radius 1 is 1.38 bits per heavy atom. The number of amides is 1. The van der Waals surface area contributed by atoms with E-state index >= 15 is 0 Å². The molecule has 0 radical (unpaired) electrons. The summed E-state index contributed by atoms with van der Waals surface area (Å²) in [5.74, 6) is 0.0597. The van der Waals surface area contributed by atoms with Gasteiger partial charge in [-0.05, 0) is 36.5 Å². The van der Waals surface area contributed by atoms with Gasteiger partial charge in [0, 0.05) is 49.7 Å². The largest absolute Gasteiger partial charge is 0.361 e. The molecule has 2 heterocycles. The summed E-state index contributed by atoms with van der Waals surface area (Å²) in [5, 5.41) is 4.39. The number of hydrogen-bond acceptors (Lipinski definition) is 2. The van der Waals surface area contributed by atoms with Crippen LogP contribution in [0, 0.1) is 0 Å². The van der Waals surface area contributed by atoms with Crippen molar-refractivity contribution in [1.29, 1.82) is 0 Å². The van der Waals surface area contributed by atoms with Gasteiger partial charge in [0.2, 0.25) is 5.91 Å². The van der Waals surface area contributed by atoms with Gasteiger partial charge in [0.15, 0.2) is 0 Å². The molecule has 128 valence electrons. The van der Waals surface area contributed by atoms with Crippen LogP contribution in [-0.2, 0) is 11.2 Å². The number of hydrogen-bond donors (Lipinski definition) is 2. The predicted octanol–water partition coefficient (Wildman–Crippen LogP) is 3.26. The molecule has 4 heteroatoms. The summed E-state index contributed by atoms with van der Waals surface area (Å²) in [5.41, 5.74) is 4.00. The fourth-order valence-corrected chi connectivity index (χ4v) is 3.57. The minimum absolute atomic E-state index is 0.0597. The van der Waals surface area contributed by atoms with E-state index in [2.05, 4.69) is 58.7 Å². The van der Waals surface area contributed by atoms with Gasteiger partial charge in [-0.25, -0.2) is 0 Å². The van der Waals surface area contributed by atoms with E-state index < -0.39 is 0 Å². The number of rotatable bonds is 6. The molecule has 0 unspecified atom stereocenters. The zero-order valence-electron chi connectivity index (χ0n) is 14.6. The first-order chi connectivity index (χ1) is 11.7. The van der Waals surface area contributed by atoms with E-state index in [1.165, 1.54) is 22.0 Å². The lowest BCUT2D eigenvalue weighted by Crippen LogP contribution is -2.38. The van der Waals surface area contributed by atoms with Gasteiger partial charge in [-0.3, -0.25) is 9.69 Å². The van der Waals surface area contributed by atoms with Crippen molar-refractivity contribution in [1.82, 2.24) is 15.2 Å². The monoisotopic (exact) mass is 325 g/mol. The van der Waals surface area contributed by atoms with E-state index in [0.29, 0.717) is 0 Å². The van der Waals surface area contributed by atoms with E-state index in [9.17, 15) is 4.79 Å². The Morgan fingerprint density at radius 3 is 2.92 bits per heavy atom. The molecule has 0 bridgehead atoms. The Kier molecular flexibility index (Phi) is 5.36. The van der Waals surface area contributed by atoms with E-state index in [-0.39, 0.29) is 11.9 Å². The molecular formula is C20H27N3O. The summed E-state index contributed by atoms with van der Waals surface area (Å²) in [6, 6.07) is 8.69. The second kappa shape index (κ2) is 7.67. The van der Waals surface area contributed by atoms with E-state index in [0.717, 1.165) is 38.9 Å². The second-order valence-electron chi connectivity index (χ2n) is 6.60. The molecule has 1 atom stereocenters. The predicted molar refractivity (Wildman–Crippen MR) is 99.0 cm³/mol. The summed E-state index contributed by atoms with van der Waals surface area (Å²) in [6.07, 6.45) is 7.52. The van der Waals surface area contributed by atoms with Crippen molar-refractivity contribution < 1.29 is 4.79 Å². The van der Waals surface area contributed by atoms with Crippen LogP contribution < -0.4 is 5.32 Å². The maximum absolute atomic E-state index is 11.3. The Morgan fingerprint density at radius 2 is 2.21 bits per heavy atom. The van der Waals surface area contributed by atoms with Crippen LogP contribution in [0.3, 0.4) is 0 Å². The number of H-pyrrole nitrogens is 1. The topological polar surface area (TPSA) is 48.1 Å². The third kappa shape index (κ3) is 3.88. The Hall–Kier alpha value is -2.07. The first kappa shape index (κ1) is 16.8. The number of para-hydroxylation sites is 1. The molecule has 1 aliphatic rings. The van der Waals surface area contributed by atoms with Crippen molar-refractivity contribution in [3.63, 3.8) is 0 Å². The number of aromatic amines is 1. The smallest absolute Gasteiger partial charge is 0.217 e. The van der Waals surface area contributed by atoms with Crippen LogP contribution in [-0.4, -0.2) is 41.5 Å². The minimum Gasteiger partial charge on any atom is -0.361 e. The van der Waals surface area contributed by atoms with Crippen molar-refractivity contribution in [3.05, 3.63) is 47.7 Å². The number of benzene rings is 1. The number of carbonyl (C=O) groups excluding carboxylic acids is 1. The SMILES string of the molecule is CC[C@H](NC(C)=O)C1=CCN(CCc2c[nH]c3ccccc23)CC1. The van der Waals surface area contributed by atoms with Crippen LogP contribution in [0.4, 0.5) is 0 Å². The molecule has 0 saturated heterocycles. The summed E-state index contributed by atoms with van der Waals surface area (Å²) in [7, 11) is 0. The average molecular weight is 325 g/mol. The van der Waals surface area contributed by atoms with Gasteiger partial charge in [-0.15, -0.1) is 0 Å². The number of carbonyl (C=O) groups is 1. The van der Waals surface area contributed by atoms with Crippen LogP contribution in [0.25, 0.3) is 10.9 Å². The number of fused-ring (bicyclic) bond motifs is 1. The molecule has 4 nitrogen and oxygen atoms in total. The van der Waals surface area contributed by atoms with Gasteiger partial charge < -0.3 is 10.3 Å². The highest BCUT2D eigenvalue weighted by Crippen LogP contribution is 2.20. The van der Waals surface area contributed by atoms with E-state index in [1.54, 1.807) is 6.92 Å². The summed E-state index contributed by atoms with van der Waals surface area (Å²) in [4.78, 5) is 17.2. The number of nitrogens with one attached hydrogen (secondary N) is 2. The summed E-state index contributed by atoms with van der Waals surface area (Å²) in [6.45, 7) is 6.85. The molecule has 1 aromatic heterocycles. The van der Waals surface area contributed by atoms with Crippen LogP contribution in [0.2, 0.25) is 0 Å². The van der Waals surface area contributed by atoms with Gasteiger partial charge in [0.05, 0.1) is 0 Å². The van der Waals surface area contributed by atoms with Crippen LogP contribution in [0.15, 0.2) is 42.1 Å². The van der Waals surface area contributed by atoms with Crippen LogP contribution in [0.1, 0.15) is 32.3 Å². The Labute approximate surface area is 143 Å². The molecule has 2 N–H and O–H groups in total. The van der Waals surface area contributed by atoms with Crippen molar-refractivity contribution in [2.45, 2.75) is 39.2 Å². The highest BCUT2D eigenvalue weighted by atomic mass is 16.1. The Bertz CT molecular complexity index is 731. The number of nitrogens with zero attached hydrogens (tertiary/aromatic N) is 1. The van der Waals surface area contributed by atoms with Gasteiger partial charge in [0.25, 0.3) is 0 Å². The van der Waals surface area contributed by atoms with Crippen LogP contribution in [0.5, 0.6) is 0 Å². The fourth-order valence-electron chi connectivity index (χ4n) is 3.57. The molecule has 24 heavy (non-hydrogen) atoms. The normalized spacial score (nSPS) is 16.8. The molecule has 0 aliphatic carbocycles. The van der Waals surface area contributed by atoms with Gasteiger partial charge in [0.1, 0.15) is 0 Å². The van der Waals surface area contributed by atoms with E-state index in [1.807, 2.05) is 0 Å². The third-order valence-corrected chi connectivity index (χ3v) is 4.93. The van der Waals surface area contributed by atoms with Crippen LogP contribution >= 0.6 is 0 Å². The van der Waals surface area contributed by atoms with E-state index in [4.69, 9.17) is 0 Å². The van der Waals surface area contributed by atoms with Crippen molar-refractivity contribution >= 4 is 16.8 Å². The lowest BCUT2D eigenvalue weighted by molar-refractivity contribution is -0.119. The highest BCUT2D eigenvalue weighted by Gasteiger charge is 2.18. The zero-order valence-corrected chi connectivity index (χ0v) is 14.6. The highest BCUT2D eigenvalue weighted by molar-refractivity contribution is 5.83. The first-order valence-electron chi connectivity index (χ1n) is 8.90. The maximum Gasteiger partial charge on any atom is 0.217 e. The quantitative estimate of drug-likeness (QED) is 0.801. The van der Waals surface area contributed by atoms with Gasteiger partial charge >= 0.3 is 0 Å². The molecule has 1 aliphatic heterocycles. The van der Waals surface area contributed by atoms with Gasteiger partial charge in [-0.2, -0.15) is 0 Å². The molecule has 3 rings (SSSR count). The van der Waals surface area contributed by atoms with Crippen molar-refractivity contribution in [2.24, 2.45) is 0 Å². The Balaban J connectivity index is 1.56. The fraction of sp³-hybridized carbons (Fsp3) is 0.450. The molecule has 1 amide bonds. The molecule has 1 aromatic carbocycles. The van der Waals surface area contributed by atoms with Crippen molar-refractivity contribution in [3.8, 4) is 0 Å². The number of aromatic nitrogens is 1. The molecule has 0 spiro atoms. The first-order valence-corrected chi connectivity index (χ1v) is 8.90. The average Bonchev–Trinajstić information content (AvgIpc) is 3.01. The molecule has 0 saturated carbocycles. The third-order valence-electron chi connectivity index (χ3n) is 4.93. The summed E-state index contributed by atoms with van der Waals surface area (Å²) < 4.78 is 0. The second-order valence-corrected chi connectivity index (χ2v) is 6.60. The van der Waals surface area contributed by atoms with Gasteiger partial charge in [-0.1, -0.05) is 31.2 Å². The lowest BCUT2D eigenvalue weighted by atomic mass is 9.97. The standard InChI is InChI=1S/C20H27N3O/c1-3-19(22-15(2)24)16-8-11-23(12-9-16)13-10-17-14-21-20-7-5-4-6-18(17)20/h4-8,14,19,21H,3,9-13H2,1-2H3,(H,22,24)/t19-/m0/s1. The summed E-state index contributed by atoms with van der Waals surface area (Å²) >= 11 is 0.